The Balaban J connectivity index is 1.52. The average Bonchev–Trinajstić information content (AvgIpc) is 2.83. The highest BCUT2D eigenvalue weighted by atomic mass is 35.5. The Hall–Kier alpha value is -3.31. The van der Waals surface area contributed by atoms with Crippen molar-refractivity contribution < 1.29 is 0 Å². The molecule has 1 fully saturated rings. The first kappa shape index (κ1) is 20.9. The Kier molecular flexibility index (Phi) is 6.53. The third kappa shape index (κ3) is 4.89. The quantitative estimate of drug-likeness (QED) is 0.478. The molecule has 3 aromatic carbocycles. The summed E-state index contributed by atoms with van der Waals surface area (Å²) >= 11 is 6.57. The molecule has 0 amide bonds. The number of rotatable bonds is 5. The van der Waals surface area contributed by atoms with Gasteiger partial charge in [0.15, 0.2) is 5.69 Å². The molecule has 5 heteroatoms. The van der Waals surface area contributed by atoms with Crippen LogP contribution in [0.2, 0.25) is 5.02 Å². The van der Waals surface area contributed by atoms with Crippen molar-refractivity contribution in [2.75, 3.05) is 31.1 Å². The molecule has 154 valence electrons. The largest absolute Gasteiger partial charge is 0.361 e. The molecule has 4 nitrogen and oxygen atoms in total. The van der Waals surface area contributed by atoms with Crippen molar-refractivity contribution in [2.24, 2.45) is 0 Å². The van der Waals surface area contributed by atoms with E-state index >= 15 is 0 Å². The highest BCUT2D eigenvalue weighted by molar-refractivity contribution is 6.33. The molecule has 4 rings (SSSR count). The predicted octanol–water partition coefficient (Wildman–Crippen LogP) is 5.87. The lowest BCUT2D eigenvalue weighted by Crippen LogP contribution is -2.49. The van der Waals surface area contributed by atoms with Crippen LogP contribution in [0, 0.1) is 17.9 Å². The van der Waals surface area contributed by atoms with E-state index in [1.807, 2.05) is 30.3 Å². The molecule has 1 aliphatic rings. The minimum absolute atomic E-state index is 0.185. The zero-order valence-electron chi connectivity index (χ0n) is 17.2. The molecule has 1 saturated heterocycles. The van der Waals surface area contributed by atoms with Crippen molar-refractivity contribution in [3.05, 3.63) is 106 Å². The minimum atomic E-state index is 0.185. The lowest BCUT2D eigenvalue weighted by Gasteiger charge is -2.43. The molecule has 31 heavy (non-hydrogen) atoms. The van der Waals surface area contributed by atoms with E-state index < -0.39 is 0 Å². The molecule has 1 atom stereocenters. The molecule has 0 saturated carbocycles. The van der Waals surface area contributed by atoms with Crippen LogP contribution in [0.25, 0.3) is 4.85 Å². The molecular formula is C26H23ClN4. The maximum Gasteiger partial charge on any atom is 0.187 e. The number of hydrogen-bond donors (Lipinski definition) is 0. The summed E-state index contributed by atoms with van der Waals surface area (Å²) in [6.07, 6.45) is 0.956. The SMILES string of the molecule is [C-]#[N+]c1ccc(CCN2CCN(c3ccc(C#N)cc3Cl)[C@H](c3ccccc3)C2)cc1. The molecule has 0 aromatic heterocycles. The molecule has 0 radical (unpaired) electrons. The van der Waals surface area contributed by atoms with Gasteiger partial charge >= 0.3 is 0 Å². The van der Waals surface area contributed by atoms with Gasteiger partial charge in [0, 0.05) is 26.2 Å². The summed E-state index contributed by atoms with van der Waals surface area (Å²) < 4.78 is 0. The highest BCUT2D eigenvalue weighted by Crippen LogP contribution is 2.35. The zero-order valence-corrected chi connectivity index (χ0v) is 18.0. The van der Waals surface area contributed by atoms with E-state index in [0.29, 0.717) is 16.3 Å². The number of benzene rings is 3. The van der Waals surface area contributed by atoms with Crippen LogP contribution in [0.4, 0.5) is 11.4 Å². The molecule has 1 aliphatic heterocycles. The van der Waals surface area contributed by atoms with E-state index in [2.05, 4.69) is 57.1 Å². The second kappa shape index (κ2) is 9.67. The smallest absolute Gasteiger partial charge is 0.187 e. The Bertz CT molecular complexity index is 1110. The first-order chi connectivity index (χ1) is 15.2. The fourth-order valence-corrected chi connectivity index (χ4v) is 4.41. The first-order valence-corrected chi connectivity index (χ1v) is 10.8. The minimum Gasteiger partial charge on any atom is -0.361 e. The number of piperazine rings is 1. The molecule has 0 bridgehead atoms. The normalized spacial score (nSPS) is 16.5. The van der Waals surface area contributed by atoms with E-state index in [4.69, 9.17) is 23.4 Å². The Morgan fingerprint density at radius 2 is 1.81 bits per heavy atom. The van der Waals surface area contributed by atoms with Crippen LogP contribution >= 0.6 is 11.6 Å². The van der Waals surface area contributed by atoms with Gasteiger partial charge < -0.3 is 4.90 Å². The van der Waals surface area contributed by atoms with Gasteiger partial charge in [-0.05, 0) is 35.7 Å². The van der Waals surface area contributed by atoms with Gasteiger partial charge in [0.05, 0.1) is 35.0 Å². The second-order valence-electron chi connectivity index (χ2n) is 7.73. The Morgan fingerprint density at radius 1 is 1.03 bits per heavy atom. The fourth-order valence-electron chi connectivity index (χ4n) is 4.13. The van der Waals surface area contributed by atoms with Crippen LogP contribution in [-0.2, 0) is 6.42 Å². The van der Waals surface area contributed by atoms with E-state index in [1.165, 1.54) is 11.1 Å². The predicted molar refractivity (Wildman–Crippen MR) is 126 cm³/mol. The third-order valence-electron chi connectivity index (χ3n) is 5.82. The van der Waals surface area contributed by atoms with Gasteiger partial charge in [-0.25, -0.2) is 4.85 Å². The maximum atomic E-state index is 9.17. The van der Waals surface area contributed by atoms with Crippen molar-refractivity contribution in [3.8, 4) is 6.07 Å². The Labute approximate surface area is 188 Å². The molecule has 1 heterocycles. The van der Waals surface area contributed by atoms with Crippen molar-refractivity contribution >= 4 is 23.0 Å². The molecule has 0 spiro atoms. The van der Waals surface area contributed by atoms with Gasteiger partial charge in [-0.1, -0.05) is 66.2 Å². The lowest BCUT2D eigenvalue weighted by atomic mass is 10.0. The topological polar surface area (TPSA) is 34.6 Å². The summed E-state index contributed by atoms with van der Waals surface area (Å²) in [5.41, 5.74) is 4.74. The number of nitrogens with zero attached hydrogens (tertiary/aromatic N) is 4. The van der Waals surface area contributed by atoms with Gasteiger partial charge in [0.25, 0.3) is 0 Å². The van der Waals surface area contributed by atoms with E-state index in [1.54, 1.807) is 6.07 Å². The standard InChI is InChI=1S/C26H23ClN4/c1-29-23-10-7-20(8-11-23)13-14-30-15-16-31(25-12-9-21(18-28)17-24(25)27)26(19-30)22-5-3-2-4-6-22/h2-12,17,26H,13-16,19H2/t26-/m0/s1. The number of nitriles is 1. The summed E-state index contributed by atoms with van der Waals surface area (Å²) in [7, 11) is 0. The highest BCUT2D eigenvalue weighted by Gasteiger charge is 2.29. The van der Waals surface area contributed by atoms with E-state index in [0.717, 1.165) is 38.3 Å². The van der Waals surface area contributed by atoms with Crippen molar-refractivity contribution in [1.29, 1.82) is 5.26 Å². The average molecular weight is 427 g/mol. The molecule has 0 unspecified atom stereocenters. The van der Waals surface area contributed by atoms with Crippen LogP contribution in [0.5, 0.6) is 0 Å². The summed E-state index contributed by atoms with van der Waals surface area (Å²) in [5, 5.41) is 9.79. The third-order valence-corrected chi connectivity index (χ3v) is 6.12. The van der Waals surface area contributed by atoms with Gasteiger partial charge in [-0.15, -0.1) is 0 Å². The van der Waals surface area contributed by atoms with Gasteiger partial charge in [-0.3, -0.25) is 4.90 Å². The molecule has 0 aliphatic carbocycles. The number of halogens is 1. The van der Waals surface area contributed by atoms with Crippen LogP contribution in [0.15, 0.2) is 72.8 Å². The van der Waals surface area contributed by atoms with Crippen LogP contribution in [0.3, 0.4) is 0 Å². The van der Waals surface area contributed by atoms with Crippen molar-refractivity contribution in [2.45, 2.75) is 12.5 Å². The van der Waals surface area contributed by atoms with E-state index in [-0.39, 0.29) is 6.04 Å². The number of hydrogen-bond acceptors (Lipinski definition) is 3. The summed E-state index contributed by atoms with van der Waals surface area (Å²) in [5.74, 6) is 0. The van der Waals surface area contributed by atoms with Crippen LogP contribution in [-0.4, -0.2) is 31.1 Å². The maximum absolute atomic E-state index is 9.17. The fraction of sp³-hybridized carbons (Fsp3) is 0.231. The van der Waals surface area contributed by atoms with Crippen LogP contribution < -0.4 is 4.90 Å². The summed E-state index contributed by atoms with van der Waals surface area (Å²) in [4.78, 5) is 8.32. The van der Waals surface area contributed by atoms with Gasteiger partial charge in [0.2, 0.25) is 0 Å². The second-order valence-corrected chi connectivity index (χ2v) is 8.13. The summed E-state index contributed by atoms with van der Waals surface area (Å²) in [6.45, 7) is 10.8. The van der Waals surface area contributed by atoms with Gasteiger partial charge in [-0.2, -0.15) is 5.26 Å². The lowest BCUT2D eigenvalue weighted by molar-refractivity contribution is 0.226. The zero-order chi connectivity index (χ0) is 21.6. The molecule has 0 N–H and O–H groups in total. The van der Waals surface area contributed by atoms with Gasteiger partial charge in [0.1, 0.15) is 0 Å². The molecular weight excluding hydrogens is 404 g/mol. The molecule has 3 aromatic rings. The first-order valence-electron chi connectivity index (χ1n) is 10.4. The van der Waals surface area contributed by atoms with E-state index in [9.17, 15) is 0 Å². The van der Waals surface area contributed by atoms with Crippen molar-refractivity contribution in [1.82, 2.24) is 4.90 Å². The summed E-state index contributed by atoms with van der Waals surface area (Å²) in [6, 6.07) is 26.3. The Morgan fingerprint density at radius 3 is 2.48 bits per heavy atom. The van der Waals surface area contributed by atoms with Crippen LogP contribution in [0.1, 0.15) is 22.7 Å². The monoisotopic (exact) mass is 426 g/mol. The van der Waals surface area contributed by atoms with Crippen molar-refractivity contribution in [3.63, 3.8) is 0 Å². The number of anilines is 1.